The van der Waals surface area contributed by atoms with Gasteiger partial charge < -0.3 is 10.5 Å². The highest BCUT2D eigenvalue weighted by molar-refractivity contribution is 5.85. The average molecular weight is 218 g/mol. The Hall–Kier alpha value is -1.06. The first-order valence-electron chi connectivity index (χ1n) is 3.91. The Morgan fingerprint density at radius 3 is 2.71 bits per heavy atom. The first kappa shape index (κ1) is 12.9. The second-order valence-electron chi connectivity index (χ2n) is 2.62. The van der Waals surface area contributed by atoms with E-state index in [0.29, 0.717) is 5.56 Å². The third-order valence-electron chi connectivity index (χ3n) is 1.81. The van der Waals surface area contributed by atoms with Gasteiger partial charge in [0.1, 0.15) is 0 Å². The van der Waals surface area contributed by atoms with E-state index in [0.717, 1.165) is 0 Å². The van der Waals surface area contributed by atoms with Gasteiger partial charge in [-0.2, -0.15) is 0 Å². The van der Waals surface area contributed by atoms with Gasteiger partial charge in [0.2, 0.25) is 0 Å². The number of benzene rings is 1. The summed E-state index contributed by atoms with van der Waals surface area (Å²) in [7, 11) is 1.41. The number of hydrogen-bond acceptors (Lipinski definition) is 2. The van der Waals surface area contributed by atoms with E-state index < -0.39 is 11.9 Å². The van der Waals surface area contributed by atoms with Crippen LogP contribution < -0.4 is 10.5 Å². The van der Waals surface area contributed by atoms with Gasteiger partial charge in [0.15, 0.2) is 11.6 Å². The van der Waals surface area contributed by atoms with E-state index in [9.17, 15) is 4.39 Å². The van der Waals surface area contributed by atoms with E-state index >= 15 is 0 Å². The zero-order chi connectivity index (χ0) is 9.84. The van der Waals surface area contributed by atoms with Crippen LogP contribution in [-0.4, -0.2) is 7.11 Å². The fraction of sp³-hybridized carbons (Fsp3) is 0.200. The second kappa shape index (κ2) is 5.62. The highest BCUT2D eigenvalue weighted by Crippen LogP contribution is 2.26. The van der Waals surface area contributed by atoms with E-state index in [2.05, 4.69) is 6.58 Å². The summed E-state index contributed by atoms with van der Waals surface area (Å²) in [6.07, 6.45) is 1.54. The summed E-state index contributed by atoms with van der Waals surface area (Å²) in [4.78, 5) is 0. The van der Waals surface area contributed by atoms with Gasteiger partial charge in [0, 0.05) is 5.56 Å². The fourth-order valence-electron chi connectivity index (χ4n) is 1.13. The van der Waals surface area contributed by atoms with Gasteiger partial charge in [-0.1, -0.05) is 18.2 Å². The number of halogens is 2. The third kappa shape index (κ3) is 2.47. The molecule has 0 radical (unpaired) electrons. The molecule has 1 rings (SSSR count). The van der Waals surface area contributed by atoms with Crippen molar-refractivity contribution in [2.24, 2.45) is 5.73 Å². The number of para-hydroxylation sites is 1. The minimum absolute atomic E-state index is 0. The van der Waals surface area contributed by atoms with Gasteiger partial charge in [0.25, 0.3) is 0 Å². The first-order chi connectivity index (χ1) is 6.20. The van der Waals surface area contributed by atoms with E-state index in [4.69, 9.17) is 10.5 Å². The number of nitrogens with two attached hydrogens (primary N) is 1. The van der Waals surface area contributed by atoms with Gasteiger partial charge in [0.05, 0.1) is 13.2 Å². The lowest BCUT2D eigenvalue weighted by Crippen LogP contribution is -2.09. The Morgan fingerprint density at radius 1 is 1.57 bits per heavy atom. The van der Waals surface area contributed by atoms with E-state index in [-0.39, 0.29) is 18.2 Å². The molecular weight excluding hydrogens is 205 g/mol. The number of rotatable bonds is 3. The number of hydrogen-bond donors (Lipinski definition) is 1. The third-order valence-corrected chi connectivity index (χ3v) is 1.81. The predicted octanol–water partition coefficient (Wildman–Crippen LogP) is 2.44. The molecule has 0 aliphatic rings. The summed E-state index contributed by atoms with van der Waals surface area (Å²) in [5, 5.41) is 0. The maximum Gasteiger partial charge on any atom is 0.165 e. The van der Waals surface area contributed by atoms with E-state index in [1.165, 1.54) is 19.3 Å². The molecule has 0 heterocycles. The van der Waals surface area contributed by atoms with Gasteiger partial charge in [-0.05, 0) is 6.07 Å². The molecule has 0 aliphatic heterocycles. The largest absolute Gasteiger partial charge is 0.493 e. The summed E-state index contributed by atoms with van der Waals surface area (Å²) in [6, 6.07) is 4.24. The molecule has 4 heteroatoms. The van der Waals surface area contributed by atoms with Gasteiger partial charge in [-0.25, -0.2) is 4.39 Å². The minimum atomic E-state index is -0.405. The summed E-state index contributed by atoms with van der Waals surface area (Å²) < 4.78 is 18.0. The standard InChI is InChI=1S/C10H12FNO.ClH/c1-3-9(12)7-5-4-6-8(11)10(7)13-2;/h3-6,9H,1,12H2,2H3;1H/t9-;/m1./s1. The summed E-state index contributed by atoms with van der Waals surface area (Å²) in [5.41, 5.74) is 6.28. The SMILES string of the molecule is C=C[C@@H](N)c1cccc(F)c1OC.Cl. The lowest BCUT2D eigenvalue weighted by atomic mass is 10.1. The number of methoxy groups -OCH3 is 1. The zero-order valence-electron chi connectivity index (χ0n) is 7.87. The molecule has 0 spiro atoms. The molecule has 0 saturated carbocycles. The second-order valence-corrected chi connectivity index (χ2v) is 2.62. The molecule has 1 aromatic carbocycles. The minimum Gasteiger partial charge on any atom is -0.493 e. The quantitative estimate of drug-likeness (QED) is 0.790. The van der Waals surface area contributed by atoms with Crippen molar-refractivity contribution in [1.82, 2.24) is 0 Å². The van der Waals surface area contributed by atoms with Crippen molar-refractivity contribution in [3.8, 4) is 5.75 Å². The fourth-order valence-corrected chi connectivity index (χ4v) is 1.13. The molecule has 78 valence electrons. The van der Waals surface area contributed by atoms with Gasteiger partial charge >= 0.3 is 0 Å². The highest BCUT2D eigenvalue weighted by atomic mass is 35.5. The van der Waals surface area contributed by atoms with Gasteiger partial charge in [-0.15, -0.1) is 19.0 Å². The zero-order valence-corrected chi connectivity index (χ0v) is 8.68. The molecular formula is C10H13ClFNO. The normalized spacial score (nSPS) is 11.4. The number of ether oxygens (including phenoxy) is 1. The van der Waals surface area contributed by atoms with Crippen molar-refractivity contribution in [3.63, 3.8) is 0 Å². The van der Waals surface area contributed by atoms with Crippen molar-refractivity contribution in [2.45, 2.75) is 6.04 Å². The molecule has 0 amide bonds. The van der Waals surface area contributed by atoms with Crippen molar-refractivity contribution in [3.05, 3.63) is 42.2 Å². The van der Waals surface area contributed by atoms with Crippen LogP contribution in [0.1, 0.15) is 11.6 Å². The van der Waals surface area contributed by atoms with Crippen LogP contribution in [0.25, 0.3) is 0 Å². The van der Waals surface area contributed by atoms with Crippen molar-refractivity contribution < 1.29 is 9.13 Å². The molecule has 0 unspecified atom stereocenters. The monoisotopic (exact) mass is 217 g/mol. The molecule has 0 aromatic heterocycles. The molecule has 0 aliphatic carbocycles. The average Bonchev–Trinajstić information content (AvgIpc) is 2.16. The maximum absolute atomic E-state index is 13.1. The maximum atomic E-state index is 13.1. The van der Waals surface area contributed by atoms with Crippen LogP contribution >= 0.6 is 12.4 Å². The van der Waals surface area contributed by atoms with Crippen LogP contribution in [0.3, 0.4) is 0 Å². The van der Waals surface area contributed by atoms with Crippen LogP contribution in [0.15, 0.2) is 30.9 Å². The lowest BCUT2D eigenvalue weighted by Gasteiger charge is -2.12. The molecule has 14 heavy (non-hydrogen) atoms. The molecule has 0 fully saturated rings. The molecule has 1 aromatic rings. The Labute approximate surface area is 89.0 Å². The summed E-state index contributed by atoms with van der Waals surface area (Å²) >= 11 is 0. The highest BCUT2D eigenvalue weighted by Gasteiger charge is 2.12. The Balaban J connectivity index is 0.00000169. The molecule has 0 saturated heterocycles. The topological polar surface area (TPSA) is 35.2 Å². The van der Waals surface area contributed by atoms with Crippen LogP contribution in [0.2, 0.25) is 0 Å². The van der Waals surface area contributed by atoms with Crippen molar-refractivity contribution >= 4 is 12.4 Å². The Bertz CT molecular complexity index is 317. The lowest BCUT2D eigenvalue weighted by molar-refractivity contribution is 0.380. The Kier molecular flexibility index (Phi) is 5.20. The summed E-state index contributed by atoms with van der Waals surface area (Å²) in [5.74, 6) is -0.216. The van der Waals surface area contributed by atoms with Gasteiger partial charge in [-0.3, -0.25) is 0 Å². The van der Waals surface area contributed by atoms with Crippen LogP contribution in [-0.2, 0) is 0 Å². The molecule has 2 nitrogen and oxygen atoms in total. The molecule has 0 bridgehead atoms. The molecule has 2 N–H and O–H groups in total. The van der Waals surface area contributed by atoms with Crippen LogP contribution in [0, 0.1) is 5.82 Å². The van der Waals surface area contributed by atoms with Crippen molar-refractivity contribution in [2.75, 3.05) is 7.11 Å². The van der Waals surface area contributed by atoms with Crippen molar-refractivity contribution in [1.29, 1.82) is 0 Å². The first-order valence-corrected chi connectivity index (χ1v) is 3.91. The van der Waals surface area contributed by atoms with Crippen LogP contribution in [0.4, 0.5) is 4.39 Å². The smallest absolute Gasteiger partial charge is 0.165 e. The van der Waals surface area contributed by atoms with Crippen LogP contribution in [0.5, 0.6) is 5.75 Å². The van der Waals surface area contributed by atoms with E-state index in [1.54, 1.807) is 12.1 Å². The summed E-state index contributed by atoms with van der Waals surface area (Å²) in [6.45, 7) is 3.54. The predicted molar refractivity (Wildman–Crippen MR) is 57.3 cm³/mol. The molecule has 1 atom stereocenters. The van der Waals surface area contributed by atoms with E-state index in [1.807, 2.05) is 0 Å². The Morgan fingerprint density at radius 2 is 2.21 bits per heavy atom.